The van der Waals surface area contributed by atoms with Gasteiger partial charge in [0.15, 0.2) is 0 Å². The van der Waals surface area contributed by atoms with Crippen molar-refractivity contribution in [2.24, 2.45) is 0 Å². The normalized spacial score (nSPS) is 17.4. The number of amides is 1. The first kappa shape index (κ1) is 9.48. The molecule has 1 heterocycles. The van der Waals surface area contributed by atoms with Crippen molar-refractivity contribution in [3.05, 3.63) is 0 Å². The van der Waals surface area contributed by atoms with Crippen LogP contribution in [-0.2, 0) is 9.53 Å². The van der Waals surface area contributed by atoms with Crippen molar-refractivity contribution in [2.75, 3.05) is 33.5 Å². The number of likely N-dealkylation sites (tertiary alicyclic amines) is 1. The molecule has 0 aromatic rings. The first-order valence-electron chi connectivity index (χ1n) is 4.34. The van der Waals surface area contributed by atoms with Crippen LogP contribution in [0.1, 0.15) is 12.8 Å². The minimum atomic E-state index is 0.267. The van der Waals surface area contributed by atoms with Crippen LogP contribution in [0, 0.1) is 0 Å². The summed E-state index contributed by atoms with van der Waals surface area (Å²) >= 11 is 0. The van der Waals surface area contributed by atoms with E-state index in [1.54, 1.807) is 0 Å². The van der Waals surface area contributed by atoms with Crippen molar-refractivity contribution in [1.82, 2.24) is 10.2 Å². The van der Waals surface area contributed by atoms with Crippen LogP contribution in [0.4, 0.5) is 0 Å². The molecule has 70 valence electrons. The Bertz CT molecular complexity index is 150. The lowest BCUT2D eigenvalue weighted by atomic mass is 10.4. The van der Waals surface area contributed by atoms with E-state index in [4.69, 9.17) is 4.74 Å². The van der Waals surface area contributed by atoms with Crippen LogP contribution < -0.4 is 5.32 Å². The van der Waals surface area contributed by atoms with E-state index in [0.29, 0.717) is 19.8 Å². The van der Waals surface area contributed by atoms with Gasteiger partial charge in [0.25, 0.3) is 0 Å². The number of ether oxygens (including phenoxy) is 1. The second-order valence-corrected chi connectivity index (χ2v) is 2.89. The number of nitrogens with one attached hydrogen (secondary N) is 1. The predicted octanol–water partition coefficient (Wildman–Crippen LogP) is -0.198. The van der Waals surface area contributed by atoms with Gasteiger partial charge in [0.2, 0.25) is 5.91 Å². The molecule has 12 heavy (non-hydrogen) atoms. The highest BCUT2D eigenvalue weighted by Gasteiger charge is 2.18. The number of hydrogen-bond acceptors (Lipinski definition) is 3. The Hall–Kier alpha value is -0.610. The van der Waals surface area contributed by atoms with Crippen molar-refractivity contribution < 1.29 is 9.53 Å². The molecule has 0 aliphatic carbocycles. The number of rotatable bonds is 5. The van der Waals surface area contributed by atoms with Gasteiger partial charge in [0.05, 0.1) is 13.3 Å². The molecule has 4 heteroatoms. The zero-order chi connectivity index (χ0) is 8.81. The van der Waals surface area contributed by atoms with Crippen LogP contribution in [0.25, 0.3) is 0 Å². The zero-order valence-corrected chi connectivity index (χ0v) is 7.51. The van der Waals surface area contributed by atoms with Crippen molar-refractivity contribution in [3.8, 4) is 0 Å². The van der Waals surface area contributed by atoms with Gasteiger partial charge >= 0.3 is 0 Å². The van der Waals surface area contributed by atoms with Crippen LogP contribution in [0.5, 0.6) is 0 Å². The van der Waals surface area contributed by atoms with E-state index >= 15 is 0 Å². The third-order valence-corrected chi connectivity index (χ3v) is 1.92. The molecule has 0 saturated carbocycles. The lowest BCUT2D eigenvalue weighted by Gasteiger charge is -2.14. The molecule has 1 saturated heterocycles. The van der Waals surface area contributed by atoms with Crippen LogP contribution >= 0.6 is 0 Å². The van der Waals surface area contributed by atoms with Crippen LogP contribution in [0.3, 0.4) is 0 Å². The molecular weight excluding hydrogens is 156 g/mol. The fraction of sp³-hybridized carbons (Fsp3) is 0.875. The Balaban J connectivity index is 2.02. The van der Waals surface area contributed by atoms with E-state index in [9.17, 15) is 4.79 Å². The predicted molar refractivity (Wildman–Crippen MR) is 45.7 cm³/mol. The van der Waals surface area contributed by atoms with Crippen LogP contribution in [0.2, 0.25) is 0 Å². The summed E-state index contributed by atoms with van der Waals surface area (Å²) in [6, 6.07) is 0. The van der Waals surface area contributed by atoms with Gasteiger partial charge in [0.1, 0.15) is 0 Å². The molecule has 1 N–H and O–H groups in total. The third kappa shape index (κ3) is 2.79. The Kier molecular flexibility index (Phi) is 4.04. The molecule has 0 aromatic carbocycles. The van der Waals surface area contributed by atoms with Gasteiger partial charge in [-0.25, -0.2) is 0 Å². The van der Waals surface area contributed by atoms with E-state index in [1.165, 1.54) is 0 Å². The highest BCUT2D eigenvalue weighted by Crippen LogP contribution is 2.08. The Morgan fingerprint density at radius 2 is 2.50 bits per heavy atom. The molecule has 0 aromatic heterocycles. The summed E-state index contributed by atoms with van der Waals surface area (Å²) in [7, 11) is 1.83. The zero-order valence-electron chi connectivity index (χ0n) is 7.51. The van der Waals surface area contributed by atoms with E-state index in [1.807, 2.05) is 11.9 Å². The minimum absolute atomic E-state index is 0.267. The van der Waals surface area contributed by atoms with Crippen LogP contribution in [0.15, 0.2) is 0 Å². The lowest BCUT2D eigenvalue weighted by Crippen LogP contribution is -2.29. The maximum absolute atomic E-state index is 11.1. The molecule has 0 radical (unpaired) electrons. The molecule has 1 fully saturated rings. The van der Waals surface area contributed by atoms with Crippen molar-refractivity contribution >= 4 is 5.91 Å². The molecule has 1 aliphatic rings. The number of carbonyl (C=O) groups is 1. The fourth-order valence-corrected chi connectivity index (χ4v) is 1.29. The van der Waals surface area contributed by atoms with Crippen molar-refractivity contribution in [2.45, 2.75) is 12.8 Å². The van der Waals surface area contributed by atoms with E-state index in [2.05, 4.69) is 5.32 Å². The number of hydrogen-bond donors (Lipinski definition) is 1. The Morgan fingerprint density at radius 3 is 3.08 bits per heavy atom. The van der Waals surface area contributed by atoms with Gasteiger partial charge in [0, 0.05) is 19.5 Å². The third-order valence-electron chi connectivity index (χ3n) is 1.92. The van der Waals surface area contributed by atoms with Gasteiger partial charge in [-0.15, -0.1) is 0 Å². The van der Waals surface area contributed by atoms with Crippen molar-refractivity contribution in [1.29, 1.82) is 0 Å². The maximum Gasteiger partial charge on any atom is 0.222 e. The number of carbonyl (C=O) groups excluding carboxylic acids is 1. The van der Waals surface area contributed by atoms with Gasteiger partial charge in [-0.1, -0.05) is 0 Å². The average Bonchev–Trinajstić information content (AvgIpc) is 2.46. The average molecular weight is 172 g/mol. The number of nitrogens with zero attached hydrogens (tertiary/aromatic N) is 1. The van der Waals surface area contributed by atoms with Gasteiger partial charge in [-0.05, 0) is 13.5 Å². The summed E-state index contributed by atoms with van der Waals surface area (Å²) in [5.41, 5.74) is 0. The molecule has 1 amide bonds. The lowest BCUT2D eigenvalue weighted by molar-refractivity contribution is -0.128. The quantitative estimate of drug-likeness (QED) is 0.461. The Labute approximate surface area is 72.9 Å². The summed E-state index contributed by atoms with van der Waals surface area (Å²) in [6.45, 7) is 2.83. The molecule has 0 unspecified atom stereocenters. The molecule has 0 bridgehead atoms. The van der Waals surface area contributed by atoms with Gasteiger partial charge < -0.3 is 9.64 Å². The topological polar surface area (TPSA) is 41.6 Å². The molecular formula is C8H16N2O2. The minimum Gasteiger partial charge on any atom is -0.364 e. The maximum atomic E-state index is 11.1. The van der Waals surface area contributed by atoms with E-state index in [-0.39, 0.29) is 5.91 Å². The largest absolute Gasteiger partial charge is 0.364 e. The second-order valence-electron chi connectivity index (χ2n) is 2.89. The summed E-state index contributed by atoms with van der Waals surface area (Å²) in [5.74, 6) is 0.267. The molecule has 0 spiro atoms. The summed E-state index contributed by atoms with van der Waals surface area (Å²) in [6.07, 6.45) is 1.72. The highest BCUT2D eigenvalue weighted by molar-refractivity contribution is 5.77. The van der Waals surface area contributed by atoms with E-state index < -0.39 is 0 Å². The standard InChI is InChI=1S/C8H16N2O2/c1-9-7-12-6-5-10-4-2-3-8(10)11/h9H,2-7H2,1H3. The van der Waals surface area contributed by atoms with Crippen LogP contribution in [-0.4, -0.2) is 44.3 Å². The monoisotopic (exact) mass is 172 g/mol. The van der Waals surface area contributed by atoms with E-state index in [0.717, 1.165) is 19.5 Å². The molecule has 0 atom stereocenters. The molecule has 4 nitrogen and oxygen atoms in total. The van der Waals surface area contributed by atoms with Gasteiger partial charge in [-0.3, -0.25) is 10.1 Å². The van der Waals surface area contributed by atoms with Gasteiger partial charge in [-0.2, -0.15) is 0 Å². The molecule has 1 aliphatic heterocycles. The first-order chi connectivity index (χ1) is 5.84. The summed E-state index contributed by atoms with van der Waals surface area (Å²) in [4.78, 5) is 12.9. The Morgan fingerprint density at radius 1 is 1.67 bits per heavy atom. The summed E-state index contributed by atoms with van der Waals surface area (Å²) in [5, 5.41) is 2.88. The first-order valence-corrected chi connectivity index (χ1v) is 4.34. The van der Waals surface area contributed by atoms with Crippen molar-refractivity contribution in [3.63, 3.8) is 0 Å². The second kappa shape index (κ2) is 5.11. The summed E-state index contributed by atoms with van der Waals surface area (Å²) < 4.78 is 5.19. The highest BCUT2D eigenvalue weighted by atomic mass is 16.5. The molecule has 1 rings (SSSR count). The fourth-order valence-electron chi connectivity index (χ4n) is 1.29. The smallest absolute Gasteiger partial charge is 0.222 e. The SMILES string of the molecule is CNCOCCN1CCCC1=O.